The van der Waals surface area contributed by atoms with E-state index in [-0.39, 0.29) is 28.9 Å². The second-order valence-corrected chi connectivity index (χ2v) is 18.3. The van der Waals surface area contributed by atoms with E-state index in [0.717, 1.165) is 23.8 Å². The zero-order valence-corrected chi connectivity index (χ0v) is 40.9. The molecule has 0 aliphatic carbocycles. The number of halogens is 6. The topological polar surface area (TPSA) is 161 Å². The highest BCUT2D eigenvalue weighted by Gasteiger charge is 2.33. The minimum atomic E-state index is -2.90. The number of aryl methyl sites for hydroxylation is 2. The molecule has 2 atom stereocenters. The van der Waals surface area contributed by atoms with Crippen molar-refractivity contribution in [2.75, 3.05) is 107 Å². The van der Waals surface area contributed by atoms with Gasteiger partial charge in [-0.2, -0.15) is 0 Å². The molecule has 3 aliphatic rings. The van der Waals surface area contributed by atoms with Crippen LogP contribution in [0.4, 0.5) is 49.6 Å². The Labute approximate surface area is 412 Å². The monoisotopic (exact) mass is 1000 g/mol. The van der Waals surface area contributed by atoms with E-state index >= 15 is 0 Å². The van der Waals surface area contributed by atoms with E-state index in [2.05, 4.69) is 50.3 Å². The molecule has 6 aromatic rings. The first kappa shape index (κ1) is 51.4. The number of rotatable bonds is 13. The van der Waals surface area contributed by atoms with Crippen molar-refractivity contribution < 1.29 is 40.7 Å². The Morgan fingerprint density at radius 3 is 1.46 bits per heavy atom. The lowest BCUT2D eigenvalue weighted by Gasteiger charge is -2.38. The molecule has 382 valence electrons. The van der Waals surface area contributed by atoms with Crippen molar-refractivity contribution in [3.05, 3.63) is 106 Å². The molecule has 7 heterocycles. The zero-order valence-electron chi connectivity index (χ0n) is 40.9. The lowest BCUT2D eigenvalue weighted by Crippen LogP contribution is -2.53. The van der Waals surface area contributed by atoms with Crippen LogP contribution in [0.2, 0.25) is 0 Å². The normalized spacial score (nSPS) is 16.3. The molecule has 3 aliphatic heterocycles. The number of aromatic nitrogens is 6. The Kier molecular flexibility index (Phi) is 15.9. The average molecular weight is 1000 g/mol. The fourth-order valence-corrected chi connectivity index (χ4v) is 8.90. The summed E-state index contributed by atoms with van der Waals surface area (Å²) in [5.74, 6) is 1.73. The predicted molar refractivity (Wildman–Crippen MR) is 261 cm³/mol. The van der Waals surface area contributed by atoms with Gasteiger partial charge in [-0.3, -0.25) is 9.59 Å². The van der Waals surface area contributed by atoms with Gasteiger partial charge >= 0.3 is 0 Å². The van der Waals surface area contributed by atoms with Crippen molar-refractivity contribution in [2.24, 2.45) is 5.92 Å². The van der Waals surface area contributed by atoms with Crippen LogP contribution in [-0.2, 0) is 14.3 Å². The van der Waals surface area contributed by atoms with Crippen molar-refractivity contribution in [1.29, 1.82) is 0 Å². The first-order chi connectivity index (χ1) is 34.4. The van der Waals surface area contributed by atoms with Crippen LogP contribution in [0, 0.1) is 31.4 Å². The number of fused-ring (bicyclic) bond motifs is 2. The molecule has 2 amide bonds. The van der Waals surface area contributed by atoms with Crippen molar-refractivity contribution in [1.82, 2.24) is 44.6 Å². The number of anilines is 4. The third kappa shape index (κ3) is 11.5. The minimum Gasteiger partial charge on any atom is -0.380 e. The van der Waals surface area contributed by atoms with E-state index in [4.69, 9.17) is 4.74 Å². The molecule has 16 nitrogen and oxygen atoms in total. The first-order valence-corrected chi connectivity index (χ1v) is 23.7. The molecule has 4 aromatic heterocycles. The Morgan fingerprint density at radius 2 is 1.07 bits per heavy atom. The van der Waals surface area contributed by atoms with E-state index < -0.39 is 47.7 Å². The van der Waals surface area contributed by atoms with Gasteiger partial charge in [0, 0.05) is 74.3 Å². The Bertz CT molecular complexity index is 2910. The van der Waals surface area contributed by atoms with E-state index in [0.29, 0.717) is 117 Å². The standard InChI is InChI=1S/C25H30F3N7O.C25H27F3N6O2/c1-15(17-6-5-7-18(23(17)26)24(27)28)30-25-19-12-21(29-13-20(19)31-16(2)32-25)34-8-10-35(11-9-34)22(36)14-33(3)4;1-14(17-4-3-5-18(22(17)26)23(27)28)30-24-19-10-21(29-11-20(19)31-15(2)32-24)33-6-8-34(9-7-33)25(35)16-12-36-13-16/h5-7,12-13,15,24H,8-11,14H2,1-4H3,(H,30,31,32);3-5,10-11,14,16,23H,6-9,12-13H2,1-2H3,(H,30,31,32)/t15-;14-/m11/s1. The van der Waals surface area contributed by atoms with Crippen molar-refractivity contribution >= 4 is 56.9 Å². The number of hydrogen-bond donors (Lipinski definition) is 2. The van der Waals surface area contributed by atoms with E-state index in [9.17, 15) is 35.9 Å². The summed E-state index contributed by atoms with van der Waals surface area (Å²) >= 11 is 0. The number of nitrogens with one attached hydrogen (secondary N) is 2. The van der Waals surface area contributed by atoms with Crippen LogP contribution in [0.1, 0.15) is 72.7 Å². The van der Waals surface area contributed by atoms with Gasteiger partial charge in [0.05, 0.1) is 72.3 Å². The summed E-state index contributed by atoms with van der Waals surface area (Å²) in [6, 6.07) is 10.5. The number of nitrogens with zero attached hydrogens (tertiary/aromatic N) is 11. The number of likely N-dealkylation sites (N-methyl/N-ethyl adjacent to an activating group) is 1. The maximum Gasteiger partial charge on any atom is 0.266 e. The van der Waals surface area contributed by atoms with Gasteiger partial charge in [-0.1, -0.05) is 36.4 Å². The molecule has 2 N–H and O–H groups in total. The van der Waals surface area contributed by atoms with Crippen LogP contribution >= 0.6 is 0 Å². The third-order valence-corrected chi connectivity index (χ3v) is 12.9. The van der Waals surface area contributed by atoms with Gasteiger partial charge in [-0.15, -0.1) is 0 Å². The predicted octanol–water partition coefficient (Wildman–Crippen LogP) is 7.67. The van der Waals surface area contributed by atoms with E-state index in [1.54, 1.807) is 40.1 Å². The van der Waals surface area contributed by atoms with Crippen molar-refractivity contribution in [3.63, 3.8) is 0 Å². The van der Waals surface area contributed by atoms with Crippen LogP contribution in [0.5, 0.6) is 0 Å². The third-order valence-electron chi connectivity index (χ3n) is 12.9. The van der Waals surface area contributed by atoms with Gasteiger partial charge in [-0.25, -0.2) is 56.2 Å². The number of hydrogen-bond acceptors (Lipinski definition) is 14. The van der Waals surface area contributed by atoms with Crippen LogP contribution in [0.15, 0.2) is 60.9 Å². The van der Waals surface area contributed by atoms with Crippen LogP contribution in [-0.4, -0.2) is 143 Å². The highest BCUT2D eigenvalue weighted by Crippen LogP contribution is 2.34. The van der Waals surface area contributed by atoms with Gasteiger partial charge < -0.3 is 39.9 Å². The fourth-order valence-electron chi connectivity index (χ4n) is 8.90. The summed E-state index contributed by atoms with van der Waals surface area (Å²) < 4.78 is 87.4. The number of alkyl halides is 4. The second kappa shape index (κ2) is 22.2. The van der Waals surface area contributed by atoms with Gasteiger partial charge in [0.15, 0.2) is 0 Å². The number of carbonyl (C=O) groups excluding carboxylic acids is 2. The number of amides is 2. The summed E-state index contributed by atoms with van der Waals surface area (Å²) in [6.45, 7) is 13.2. The van der Waals surface area contributed by atoms with Crippen LogP contribution in [0.25, 0.3) is 21.8 Å². The van der Waals surface area contributed by atoms with Crippen molar-refractivity contribution in [2.45, 2.75) is 52.6 Å². The maximum atomic E-state index is 14.7. The Hall–Kier alpha value is -6.94. The van der Waals surface area contributed by atoms with Crippen LogP contribution < -0.4 is 20.4 Å². The molecule has 0 radical (unpaired) electrons. The van der Waals surface area contributed by atoms with Gasteiger partial charge in [0.1, 0.15) is 46.6 Å². The molecule has 0 bridgehead atoms. The summed E-state index contributed by atoms with van der Waals surface area (Å²) in [6.07, 6.45) is -2.47. The lowest BCUT2D eigenvalue weighted by molar-refractivity contribution is -0.150. The van der Waals surface area contributed by atoms with Gasteiger partial charge in [0.2, 0.25) is 11.8 Å². The van der Waals surface area contributed by atoms with Crippen LogP contribution in [0.3, 0.4) is 0 Å². The highest BCUT2D eigenvalue weighted by atomic mass is 19.3. The molecule has 3 saturated heterocycles. The maximum absolute atomic E-state index is 14.7. The molecule has 9 rings (SSSR count). The summed E-state index contributed by atoms with van der Waals surface area (Å²) in [4.78, 5) is 61.7. The molecule has 0 saturated carbocycles. The number of benzene rings is 2. The smallest absolute Gasteiger partial charge is 0.266 e. The summed E-state index contributed by atoms with van der Waals surface area (Å²) in [5.41, 5.74) is 0.233. The van der Waals surface area contributed by atoms with Gasteiger partial charge in [-0.05, 0) is 53.9 Å². The minimum absolute atomic E-state index is 0.0300. The zero-order chi connectivity index (χ0) is 51.4. The molecule has 3 fully saturated rings. The summed E-state index contributed by atoms with van der Waals surface area (Å²) in [7, 11) is 3.74. The molecule has 0 unspecified atom stereocenters. The average Bonchev–Trinajstić information content (AvgIpc) is 3.33. The first-order valence-electron chi connectivity index (χ1n) is 23.7. The molecule has 2 aromatic carbocycles. The fraction of sp³-hybridized carbons (Fsp3) is 0.440. The molecule has 72 heavy (non-hydrogen) atoms. The molecule has 0 spiro atoms. The number of carbonyl (C=O) groups is 2. The number of pyridine rings is 2. The molecular formula is C50H57F6N13O3. The number of piperazine rings is 2. The number of ether oxygens (including phenoxy) is 1. The Morgan fingerprint density at radius 1 is 0.653 bits per heavy atom. The summed E-state index contributed by atoms with van der Waals surface area (Å²) in [5, 5.41) is 7.74. The SMILES string of the molecule is Cc1nc(N[C@H](C)c2cccc(C(F)F)c2F)c2cc(N3CCN(C(=O)C4COC4)CC3)ncc2n1.Cc1nc(N[C@H](C)c2cccc(C(F)F)c2F)c2cc(N3CCN(C(=O)CN(C)C)CC3)ncc2n1. The Balaban J connectivity index is 0.000000193. The highest BCUT2D eigenvalue weighted by molar-refractivity contribution is 5.92. The molecule has 22 heteroatoms. The lowest BCUT2D eigenvalue weighted by atomic mass is 10.0. The van der Waals surface area contributed by atoms with Gasteiger partial charge in [0.25, 0.3) is 12.9 Å². The second-order valence-electron chi connectivity index (χ2n) is 18.3. The van der Waals surface area contributed by atoms with E-state index in [1.807, 2.05) is 40.9 Å². The van der Waals surface area contributed by atoms with Crippen molar-refractivity contribution in [3.8, 4) is 0 Å². The molecular weight excluding hydrogens is 945 g/mol. The van der Waals surface area contributed by atoms with E-state index in [1.165, 1.54) is 24.3 Å². The quantitative estimate of drug-likeness (QED) is 0.109. The largest absolute Gasteiger partial charge is 0.380 e.